The number of hydrogen-bond acceptors (Lipinski definition) is 3. The third kappa shape index (κ3) is 9.75. The van der Waals surface area contributed by atoms with E-state index in [4.69, 9.17) is 0 Å². The second-order valence-electron chi connectivity index (χ2n) is 2.90. The molecule has 0 spiro atoms. The summed E-state index contributed by atoms with van der Waals surface area (Å²) in [5.41, 5.74) is 0. The second-order valence-corrected chi connectivity index (χ2v) is 3.35. The molecule has 0 unspecified atom stereocenters. The molecule has 0 bridgehead atoms. The molecule has 0 aromatic heterocycles. The normalized spacial score (nSPS) is 10.1. The molecular weight excluding hydrogens is 174 g/mol. The molecular formula is C8H17NO2S. The molecule has 0 aliphatic rings. The first-order valence-electron chi connectivity index (χ1n) is 4.50. The first kappa shape index (κ1) is 11.8. The van der Waals surface area contributed by atoms with Gasteiger partial charge in [0.25, 0.3) is 0 Å². The van der Waals surface area contributed by atoms with Crippen molar-refractivity contribution in [1.29, 1.82) is 0 Å². The van der Waals surface area contributed by atoms with E-state index in [9.17, 15) is 10.1 Å². The molecule has 72 valence electrons. The first-order chi connectivity index (χ1) is 5.77. The molecule has 0 amide bonds. The van der Waals surface area contributed by atoms with E-state index in [1.54, 1.807) is 0 Å². The lowest BCUT2D eigenvalue weighted by molar-refractivity contribution is -0.480. The maximum absolute atomic E-state index is 9.93. The van der Waals surface area contributed by atoms with Gasteiger partial charge in [-0.3, -0.25) is 10.1 Å². The highest BCUT2D eigenvalue weighted by molar-refractivity contribution is 7.80. The van der Waals surface area contributed by atoms with E-state index in [0.717, 1.165) is 25.0 Å². The van der Waals surface area contributed by atoms with E-state index in [-0.39, 0.29) is 11.5 Å². The third-order valence-corrected chi connectivity index (χ3v) is 2.07. The van der Waals surface area contributed by atoms with Gasteiger partial charge in [-0.2, -0.15) is 12.6 Å². The van der Waals surface area contributed by atoms with Crippen molar-refractivity contribution in [1.82, 2.24) is 0 Å². The van der Waals surface area contributed by atoms with Crippen LogP contribution in [0, 0.1) is 10.1 Å². The lowest BCUT2D eigenvalue weighted by Gasteiger charge is -1.97. The number of nitro groups is 1. The number of rotatable bonds is 8. The van der Waals surface area contributed by atoms with Gasteiger partial charge in [-0.1, -0.05) is 19.3 Å². The Morgan fingerprint density at radius 2 is 1.50 bits per heavy atom. The Kier molecular flexibility index (Phi) is 8.66. The quantitative estimate of drug-likeness (QED) is 0.277. The molecule has 4 heteroatoms. The Bertz CT molecular complexity index is 120. The molecule has 12 heavy (non-hydrogen) atoms. The molecule has 0 heterocycles. The number of hydrogen-bond donors (Lipinski definition) is 1. The lowest BCUT2D eigenvalue weighted by Crippen LogP contribution is -1.99. The van der Waals surface area contributed by atoms with E-state index >= 15 is 0 Å². The summed E-state index contributed by atoms with van der Waals surface area (Å²) in [6.45, 7) is 0.132. The van der Waals surface area contributed by atoms with Crippen molar-refractivity contribution < 1.29 is 4.92 Å². The van der Waals surface area contributed by atoms with Crippen molar-refractivity contribution in [2.45, 2.75) is 38.5 Å². The van der Waals surface area contributed by atoms with E-state index < -0.39 is 0 Å². The third-order valence-electron chi connectivity index (χ3n) is 1.75. The molecule has 3 nitrogen and oxygen atoms in total. The fourth-order valence-electron chi connectivity index (χ4n) is 1.06. The van der Waals surface area contributed by atoms with Crippen LogP contribution >= 0.6 is 12.6 Å². The van der Waals surface area contributed by atoms with Crippen LogP contribution in [-0.4, -0.2) is 17.2 Å². The van der Waals surface area contributed by atoms with Gasteiger partial charge in [-0.25, -0.2) is 0 Å². The van der Waals surface area contributed by atoms with Gasteiger partial charge in [0, 0.05) is 11.3 Å². The van der Waals surface area contributed by atoms with Crippen molar-refractivity contribution in [3.05, 3.63) is 10.1 Å². The van der Waals surface area contributed by atoms with Gasteiger partial charge in [0.15, 0.2) is 0 Å². The van der Waals surface area contributed by atoms with Crippen molar-refractivity contribution in [2.75, 3.05) is 12.3 Å². The molecule has 0 saturated heterocycles. The highest BCUT2D eigenvalue weighted by Crippen LogP contribution is 2.05. The van der Waals surface area contributed by atoms with Crippen molar-refractivity contribution in [3.8, 4) is 0 Å². The Labute approximate surface area is 79.1 Å². The predicted octanol–water partition coefficient (Wildman–Crippen LogP) is 2.53. The molecule has 0 aromatic rings. The number of unbranched alkanes of at least 4 members (excludes halogenated alkanes) is 5. The topological polar surface area (TPSA) is 43.1 Å². The molecule has 0 aromatic carbocycles. The second kappa shape index (κ2) is 8.84. The van der Waals surface area contributed by atoms with Gasteiger partial charge in [0.05, 0.1) is 0 Å². The fraction of sp³-hybridized carbons (Fsp3) is 1.00. The fourth-order valence-corrected chi connectivity index (χ4v) is 1.28. The van der Waals surface area contributed by atoms with E-state index in [1.165, 1.54) is 19.3 Å². The van der Waals surface area contributed by atoms with Crippen LogP contribution < -0.4 is 0 Å². The van der Waals surface area contributed by atoms with Gasteiger partial charge in [-0.15, -0.1) is 0 Å². The Morgan fingerprint density at radius 1 is 1.00 bits per heavy atom. The molecule has 0 radical (unpaired) electrons. The van der Waals surface area contributed by atoms with Gasteiger partial charge in [0.1, 0.15) is 0 Å². The number of nitrogens with zero attached hydrogens (tertiary/aromatic N) is 1. The zero-order valence-electron chi connectivity index (χ0n) is 7.37. The summed E-state index contributed by atoms with van der Waals surface area (Å²) in [6, 6.07) is 0. The van der Waals surface area contributed by atoms with Crippen LogP contribution in [0.3, 0.4) is 0 Å². The molecule has 0 N–H and O–H groups in total. The van der Waals surface area contributed by atoms with Gasteiger partial charge in [-0.05, 0) is 18.6 Å². The minimum Gasteiger partial charge on any atom is -0.265 e. The van der Waals surface area contributed by atoms with Gasteiger partial charge >= 0.3 is 0 Å². The standard InChI is InChI=1S/C8H17NO2S/c10-9(11)7-5-3-1-2-4-6-8-12/h12H,1-8H2. The summed E-state index contributed by atoms with van der Waals surface area (Å²) >= 11 is 4.10. The van der Waals surface area contributed by atoms with Crippen LogP contribution in [0.25, 0.3) is 0 Å². The summed E-state index contributed by atoms with van der Waals surface area (Å²) in [5, 5.41) is 9.93. The summed E-state index contributed by atoms with van der Waals surface area (Å²) < 4.78 is 0. The molecule has 0 fully saturated rings. The highest BCUT2D eigenvalue weighted by atomic mass is 32.1. The monoisotopic (exact) mass is 191 g/mol. The largest absolute Gasteiger partial charge is 0.265 e. The van der Waals surface area contributed by atoms with Crippen LogP contribution in [0.5, 0.6) is 0 Å². The Morgan fingerprint density at radius 3 is 2.00 bits per heavy atom. The van der Waals surface area contributed by atoms with Crippen molar-refractivity contribution in [2.24, 2.45) is 0 Å². The zero-order valence-corrected chi connectivity index (χ0v) is 8.26. The molecule has 0 saturated carbocycles. The minimum atomic E-state index is -0.242. The average molecular weight is 191 g/mol. The first-order valence-corrected chi connectivity index (χ1v) is 5.13. The van der Waals surface area contributed by atoms with Gasteiger partial charge in [0.2, 0.25) is 6.54 Å². The smallest absolute Gasteiger partial charge is 0.203 e. The average Bonchev–Trinajstić information content (AvgIpc) is 2.02. The molecule has 0 rings (SSSR count). The van der Waals surface area contributed by atoms with Crippen molar-refractivity contribution in [3.63, 3.8) is 0 Å². The summed E-state index contributed by atoms with van der Waals surface area (Å²) in [5.74, 6) is 0.953. The summed E-state index contributed by atoms with van der Waals surface area (Å²) in [7, 11) is 0. The van der Waals surface area contributed by atoms with Crippen LogP contribution in [0.15, 0.2) is 0 Å². The maximum Gasteiger partial charge on any atom is 0.203 e. The molecule has 0 aliphatic heterocycles. The van der Waals surface area contributed by atoms with E-state index in [1.807, 2.05) is 0 Å². The molecule has 0 aliphatic carbocycles. The van der Waals surface area contributed by atoms with Crippen LogP contribution in [0.4, 0.5) is 0 Å². The van der Waals surface area contributed by atoms with Crippen LogP contribution in [-0.2, 0) is 0 Å². The van der Waals surface area contributed by atoms with Gasteiger partial charge < -0.3 is 0 Å². The SMILES string of the molecule is O=[N+]([O-])CCCCCCCCS. The molecule has 0 atom stereocenters. The van der Waals surface area contributed by atoms with Crippen LogP contribution in [0.1, 0.15) is 38.5 Å². The van der Waals surface area contributed by atoms with Crippen molar-refractivity contribution >= 4 is 12.6 Å². The minimum absolute atomic E-state index is 0.132. The zero-order chi connectivity index (χ0) is 9.23. The van der Waals surface area contributed by atoms with E-state index in [0.29, 0.717) is 0 Å². The summed E-state index contributed by atoms with van der Waals surface area (Å²) in [6.07, 6.45) is 6.42. The summed E-state index contributed by atoms with van der Waals surface area (Å²) in [4.78, 5) is 9.69. The highest BCUT2D eigenvalue weighted by Gasteiger charge is 1.95. The lowest BCUT2D eigenvalue weighted by atomic mass is 10.1. The predicted molar refractivity (Wildman–Crippen MR) is 53.4 cm³/mol. The number of thiol groups is 1. The Balaban J connectivity index is 2.86. The maximum atomic E-state index is 9.93. The van der Waals surface area contributed by atoms with E-state index in [2.05, 4.69) is 12.6 Å². The van der Waals surface area contributed by atoms with Crippen LogP contribution in [0.2, 0.25) is 0 Å². The Hall–Kier alpha value is -0.250.